The van der Waals surface area contributed by atoms with Crippen molar-refractivity contribution in [2.45, 2.75) is 12.8 Å². The van der Waals surface area contributed by atoms with Crippen molar-refractivity contribution in [1.29, 1.82) is 0 Å². The maximum atomic E-state index is 12.6. The molecule has 1 aliphatic rings. The summed E-state index contributed by atoms with van der Waals surface area (Å²) in [5.41, 5.74) is 2.31. The maximum absolute atomic E-state index is 12.6. The van der Waals surface area contributed by atoms with E-state index in [2.05, 4.69) is 26.6 Å². The van der Waals surface area contributed by atoms with Crippen LogP contribution in [0.15, 0.2) is 69.8 Å². The number of nitrogens with one attached hydrogen (secondary N) is 2. The van der Waals surface area contributed by atoms with E-state index in [1.54, 1.807) is 53.4 Å². The lowest BCUT2D eigenvalue weighted by atomic mass is 10.1. The van der Waals surface area contributed by atoms with Crippen molar-refractivity contribution >= 4 is 50.7 Å². The highest BCUT2D eigenvalue weighted by Crippen LogP contribution is 2.23. The summed E-state index contributed by atoms with van der Waals surface area (Å²) in [6.07, 6.45) is 1.43. The van der Waals surface area contributed by atoms with Crippen LogP contribution in [0.2, 0.25) is 0 Å². The average molecular weight is 468 g/mol. The quantitative estimate of drug-likeness (QED) is 0.569. The predicted octanol–water partition coefficient (Wildman–Crippen LogP) is 4.67. The minimum Gasteiger partial charge on any atom is -0.444 e. The van der Waals surface area contributed by atoms with E-state index in [1.165, 1.54) is 0 Å². The van der Waals surface area contributed by atoms with E-state index >= 15 is 0 Å². The molecular weight excluding hydrogens is 450 g/mol. The molecule has 0 aliphatic carbocycles. The summed E-state index contributed by atoms with van der Waals surface area (Å²) in [4.78, 5) is 38.4. The fourth-order valence-corrected chi connectivity index (χ4v) is 3.52. The Balaban J connectivity index is 1.41. The number of anilines is 3. The lowest BCUT2D eigenvalue weighted by molar-refractivity contribution is -0.117. The highest BCUT2D eigenvalue weighted by atomic mass is 79.9. The van der Waals surface area contributed by atoms with E-state index in [9.17, 15) is 14.4 Å². The normalized spacial score (nSPS) is 13.4. The number of rotatable bonds is 5. The molecule has 3 aromatic rings. The smallest absolute Gasteiger partial charge is 0.291 e. The van der Waals surface area contributed by atoms with Crippen molar-refractivity contribution in [2.75, 3.05) is 22.1 Å². The Bertz CT molecular complexity index is 1110. The van der Waals surface area contributed by atoms with Gasteiger partial charge in [0.25, 0.3) is 11.8 Å². The molecule has 0 radical (unpaired) electrons. The monoisotopic (exact) mass is 467 g/mol. The van der Waals surface area contributed by atoms with Crippen molar-refractivity contribution < 1.29 is 18.8 Å². The van der Waals surface area contributed by atoms with Gasteiger partial charge in [-0.1, -0.05) is 6.07 Å². The first kappa shape index (κ1) is 19.9. The largest absolute Gasteiger partial charge is 0.444 e. The van der Waals surface area contributed by atoms with Crippen molar-refractivity contribution in [2.24, 2.45) is 0 Å². The zero-order valence-corrected chi connectivity index (χ0v) is 17.4. The van der Waals surface area contributed by atoms with Gasteiger partial charge >= 0.3 is 0 Å². The third kappa shape index (κ3) is 4.44. The van der Waals surface area contributed by atoms with Gasteiger partial charge in [-0.05, 0) is 76.9 Å². The molecule has 30 heavy (non-hydrogen) atoms. The lowest BCUT2D eigenvalue weighted by Gasteiger charge is -2.16. The van der Waals surface area contributed by atoms with Gasteiger partial charge in [0.2, 0.25) is 5.91 Å². The standard InChI is InChI=1S/C22H18BrN3O4/c23-19-11-10-18(30-19)22(29)25-16-4-1-3-14(13-16)21(28)24-15-6-8-17(9-7-15)26-12-2-5-20(26)27/h1,3-4,6-11,13H,2,5,12H2,(H,24,28)(H,25,29). The SMILES string of the molecule is O=C(Nc1ccc(N2CCCC2=O)cc1)c1cccc(NC(=O)c2ccc(Br)o2)c1. The van der Waals surface area contributed by atoms with Crippen LogP contribution in [-0.4, -0.2) is 24.3 Å². The molecule has 8 heteroatoms. The van der Waals surface area contributed by atoms with Crippen molar-refractivity contribution in [3.8, 4) is 0 Å². The van der Waals surface area contributed by atoms with Crippen molar-refractivity contribution in [1.82, 2.24) is 0 Å². The zero-order chi connectivity index (χ0) is 21.1. The molecule has 1 saturated heterocycles. The summed E-state index contributed by atoms with van der Waals surface area (Å²) in [5.74, 6) is -0.442. The van der Waals surface area contributed by atoms with Crippen LogP contribution >= 0.6 is 15.9 Å². The highest BCUT2D eigenvalue weighted by Gasteiger charge is 2.21. The second-order valence-electron chi connectivity index (χ2n) is 6.79. The third-order valence-electron chi connectivity index (χ3n) is 4.69. The van der Waals surface area contributed by atoms with Crippen LogP contribution in [0.3, 0.4) is 0 Å². The first-order chi connectivity index (χ1) is 14.5. The molecule has 7 nitrogen and oxygen atoms in total. The van der Waals surface area contributed by atoms with Gasteiger partial charge < -0.3 is 20.0 Å². The summed E-state index contributed by atoms with van der Waals surface area (Å²) in [6, 6.07) is 17.0. The first-order valence-electron chi connectivity index (χ1n) is 9.38. The highest BCUT2D eigenvalue weighted by molar-refractivity contribution is 9.10. The second-order valence-corrected chi connectivity index (χ2v) is 7.57. The molecule has 1 fully saturated rings. The van der Waals surface area contributed by atoms with E-state index < -0.39 is 5.91 Å². The number of carbonyl (C=O) groups is 3. The third-order valence-corrected chi connectivity index (χ3v) is 5.12. The number of halogens is 1. The van der Waals surface area contributed by atoms with Gasteiger partial charge in [0.05, 0.1) is 0 Å². The molecule has 152 valence electrons. The van der Waals surface area contributed by atoms with Gasteiger partial charge in [0.1, 0.15) is 0 Å². The van der Waals surface area contributed by atoms with Gasteiger partial charge in [-0.15, -0.1) is 0 Å². The fourth-order valence-electron chi connectivity index (χ4n) is 3.22. The molecule has 0 atom stereocenters. The number of nitrogens with zero attached hydrogens (tertiary/aromatic N) is 1. The Kier molecular flexibility index (Phi) is 5.67. The predicted molar refractivity (Wildman–Crippen MR) is 117 cm³/mol. The summed E-state index contributed by atoms with van der Waals surface area (Å²) < 4.78 is 5.69. The van der Waals surface area contributed by atoms with Crippen molar-refractivity contribution in [3.63, 3.8) is 0 Å². The summed E-state index contributed by atoms with van der Waals surface area (Å²) in [5, 5.41) is 5.53. The topological polar surface area (TPSA) is 91.7 Å². The van der Waals surface area contributed by atoms with Gasteiger partial charge in [0, 0.05) is 35.6 Å². The number of hydrogen-bond acceptors (Lipinski definition) is 4. The molecule has 0 spiro atoms. The Labute approximate surface area is 181 Å². The van der Waals surface area contributed by atoms with E-state index in [1.807, 2.05) is 12.1 Å². The molecular formula is C22H18BrN3O4. The zero-order valence-electron chi connectivity index (χ0n) is 15.9. The number of carbonyl (C=O) groups excluding carboxylic acids is 3. The molecule has 2 heterocycles. The minimum atomic E-state index is -0.412. The van der Waals surface area contributed by atoms with Gasteiger partial charge in [0.15, 0.2) is 10.4 Å². The van der Waals surface area contributed by atoms with E-state index in [4.69, 9.17) is 4.42 Å². The number of benzene rings is 2. The molecule has 0 saturated carbocycles. The van der Waals surface area contributed by atoms with E-state index in [0.717, 1.165) is 18.7 Å². The summed E-state index contributed by atoms with van der Waals surface area (Å²) in [6.45, 7) is 0.720. The molecule has 2 aromatic carbocycles. The van der Waals surface area contributed by atoms with Crippen LogP contribution in [0.25, 0.3) is 0 Å². The van der Waals surface area contributed by atoms with Gasteiger partial charge in [-0.2, -0.15) is 0 Å². The second kappa shape index (κ2) is 8.54. The Hall–Kier alpha value is -3.39. The van der Waals surface area contributed by atoms with Gasteiger partial charge in [-0.25, -0.2) is 0 Å². The fraction of sp³-hybridized carbons (Fsp3) is 0.136. The number of amides is 3. The molecule has 0 unspecified atom stereocenters. The molecule has 4 rings (SSSR count). The van der Waals surface area contributed by atoms with Crippen LogP contribution < -0.4 is 15.5 Å². The van der Waals surface area contributed by atoms with E-state index in [-0.39, 0.29) is 17.6 Å². The maximum Gasteiger partial charge on any atom is 0.291 e. The molecule has 2 N–H and O–H groups in total. The minimum absolute atomic E-state index is 0.118. The molecule has 3 amide bonds. The number of furan rings is 1. The van der Waals surface area contributed by atoms with Crippen LogP contribution in [0.4, 0.5) is 17.1 Å². The van der Waals surface area contributed by atoms with Crippen molar-refractivity contribution in [3.05, 3.63) is 76.7 Å². The van der Waals surface area contributed by atoms with Crippen LogP contribution in [0, 0.1) is 0 Å². The van der Waals surface area contributed by atoms with Crippen LogP contribution in [0.1, 0.15) is 33.8 Å². The lowest BCUT2D eigenvalue weighted by Crippen LogP contribution is -2.23. The number of hydrogen-bond donors (Lipinski definition) is 2. The summed E-state index contributed by atoms with van der Waals surface area (Å²) in [7, 11) is 0. The average Bonchev–Trinajstić information content (AvgIpc) is 3.37. The Morgan fingerprint density at radius 1 is 0.933 bits per heavy atom. The van der Waals surface area contributed by atoms with Crippen LogP contribution in [0.5, 0.6) is 0 Å². The molecule has 1 aromatic heterocycles. The van der Waals surface area contributed by atoms with Crippen LogP contribution in [-0.2, 0) is 4.79 Å². The first-order valence-corrected chi connectivity index (χ1v) is 10.2. The van der Waals surface area contributed by atoms with E-state index in [0.29, 0.717) is 28.0 Å². The Morgan fingerprint density at radius 2 is 1.70 bits per heavy atom. The molecule has 0 bridgehead atoms. The molecule has 1 aliphatic heterocycles. The summed E-state index contributed by atoms with van der Waals surface area (Å²) >= 11 is 3.16. The Morgan fingerprint density at radius 3 is 2.37 bits per heavy atom. The van der Waals surface area contributed by atoms with Gasteiger partial charge in [-0.3, -0.25) is 14.4 Å².